The van der Waals surface area contributed by atoms with Crippen molar-refractivity contribution in [1.29, 1.82) is 0 Å². The van der Waals surface area contributed by atoms with Crippen LogP contribution in [0.15, 0.2) is 18.3 Å². The van der Waals surface area contributed by atoms with Crippen LogP contribution < -0.4 is 20.7 Å². The molecule has 96 valence electrons. The van der Waals surface area contributed by atoms with E-state index in [9.17, 15) is 0 Å². The average molecular weight is 248 g/mol. The lowest BCUT2D eigenvalue weighted by Gasteiger charge is -2.11. The largest absolute Gasteiger partial charge is 0.493 e. The molecule has 4 N–H and O–H groups in total. The molecule has 0 unspecified atom stereocenters. The highest BCUT2D eigenvalue weighted by Gasteiger charge is 2.11. The molecule has 0 bridgehead atoms. The summed E-state index contributed by atoms with van der Waals surface area (Å²) in [6.07, 6.45) is 1.71. The number of nitrogens with one attached hydrogen (secondary N) is 2. The molecule has 0 radical (unpaired) electrons. The zero-order valence-corrected chi connectivity index (χ0v) is 10.6. The molecule has 1 aromatic heterocycles. The quantitative estimate of drug-likeness (QED) is 0.566. The van der Waals surface area contributed by atoms with Gasteiger partial charge in [-0.05, 0) is 24.6 Å². The van der Waals surface area contributed by atoms with E-state index in [-0.39, 0.29) is 0 Å². The van der Waals surface area contributed by atoms with E-state index in [0.717, 1.165) is 16.8 Å². The van der Waals surface area contributed by atoms with Crippen molar-refractivity contribution in [2.24, 2.45) is 5.84 Å². The second-order valence-corrected chi connectivity index (χ2v) is 3.81. The third-order valence-electron chi connectivity index (χ3n) is 2.73. The Morgan fingerprint density at radius 2 is 1.89 bits per heavy atom. The number of H-pyrrole nitrogens is 1. The standard InChI is InChI=1S/C12H16N4O2/c1-7-4-10(17-2)11(18-3)5-8(7)9-6-14-12(15-9)16-13/h4-6H,13H2,1-3H3,(H2,14,15,16). The summed E-state index contributed by atoms with van der Waals surface area (Å²) in [5.41, 5.74) is 5.37. The summed E-state index contributed by atoms with van der Waals surface area (Å²) in [4.78, 5) is 7.15. The number of ether oxygens (including phenoxy) is 2. The summed E-state index contributed by atoms with van der Waals surface area (Å²) < 4.78 is 10.5. The molecule has 2 rings (SSSR count). The summed E-state index contributed by atoms with van der Waals surface area (Å²) in [7, 11) is 3.22. The minimum atomic E-state index is 0.513. The maximum absolute atomic E-state index is 5.29. The van der Waals surface area contributed by atoms with Crippen molar-refractivity contribution >= 4 is 5.95 Å². The highest BCUT2D eigenvalue weighted by molar-refractivity contribution is 5.68. The molecule has 0 aliphatic carbocycles. The summed E-state index contributed by atoms with van der Waals surface area (Å²) in [5.74, 6) is 7.19. The number of nitrogens with two attached hydrogens (primary N) is 1. The first-order valence-electron chi connectivity index (χ1n) is 5.44. The van der Waals surface area contributed by atoms with Crippen molar-refractivity contribution < 1.29 is 9.47 Å². The van der Waals surface area contributed by atoms with Gasteiger partial charge in [0.25, 0.3) is 0 Å². The van der Waals surface area contributed by atoms with Gasteiger partial charge in [-0.25, -0.2) is 10.8 Å². The van der Waals surface area contributed by atoms with E-state index in [1.54, 1.807) is 20.4 Å². The molecule has 0 spiro atoms. The summed E-state index contributed by atoms with van der Waals surface area (Å²) in [6.45, 7) is 1.99. The van der Waals surface area contributed by atoms with Crippen molar-refractivity contribution in [3.63, 3.8) is 0 Å². The Morgan fingerprint density at radius 1 is 1.22 bits per heavy atom. The second kappa shape index (κ2) is 4.97. The Labute approximate surface area is 105 Å². The van der Waals surface area contributed by atoms with E-state index in [1.165, 1.54) is 0 Å². The number of hydrogen-bond donors (Lipinski definition) is 3. The molecule has 0 fully saturated rings. The Balaban J connectivity index is 2.50. The highest BCUT2D eigenvalue weighted by Crippen LogP contribution is 2.34. The van der Waals surface area contributed by atoms with Gasteiger partial charge < -0.3 is 14.5 Å². The number of aromatic nitrogens is 2. The van der Waals surface area contributed by atoms with Crippen LogP contribution in [0.2, 0.25) is 0 Å². The fraction of sp³-hybridized carbons (Fsp3) is 0.250. The SMILES string of the molecule is COc1cc(C)c(-c2cnc(NN)[nH]2)cc1OC. The van der Waals surface area contributed by atoms with Gasteiger partial charge in [0, 0.05) is 5.56 Å². The molecule has 18 heavy (non-hydrogen) atoms. The van der Waals surface area contributed by atoms with Crippen LogP contribution in [0.1, 0.15) is 5.56 Å². The molecule has 6 heteroatoms. The Kier molecular flexibility index (Phi) is 3.38. The average Bonchev–Trinajstić information content (AvgIpc) is 2.86. The molecule has 0 aliphatic heterocycles. The van der Waals surface area contributed by atoms with Gasteiger partial charge in [-0.3, -0.25) is 5.43 Å². The van der Waals surface area contributed by atoms with Crippen molar-refractivity contribution in [2.45, 2.75) is 6.92 Å². The third-order valence-corrected chi connectivity index (χ3v) is 2.73. The maximum atomic E-state index is 5.29. The molecule has 1 aromatic carbocycles. The smallest absolute Gasteiger partial charge is 0.215 e. The fourth-order valence-electron chi connectivity index (χ4n) is 1.80. The molecule has 0 atom stereocenters. The Hall–Kier alpha value is -2.21. The minimum Gasteiger partial charge on any atom is -0.493 e. The number of imidazole rings is 1. The van der Waals surface area contributed by atoms with Gasteiger partial charge in [0.1, 0.15) is 0 Å². The first kappa shape index (κ1) is 12.3. The summed E-state index contributed by atoms with van der Waals surface area (Å²) >= 11 is 0. The normalized spacial score (nSPS) is 10.2. The number of aromatic amines is 1. The van der Waals surface area contributed by atoms with E-state index in [1.807, 2.05) is 19.1 Å². The number of methoxy groups -OCH3 is 2. The number of nitrogens with zero attached hydrogens (tertiary/aromatic N) is 1. The number of anilines is 1. The number of hydrogen-bond acceptors (Lipinski definition) is 5. The summed E-state index contributed by atoms with van der Waals surface area (Å²) in [6, 6.07) is 3.83. The van der Waals surface area contributed by atoms with Gasteiger partial charge in [-0.2, -0.15) is 0 Å². The van der Waals surface area contributed by atoms with Crippen LogP contribution in [0, 0.1) is 6.92 Å². The molecular formula is C12H16N4O2. The third kappa shape index (κ3) is 2.10. The summed E-state index contributed by atoms with van der Waals surface area (Å²) in [5, 5.41) is 0. The minimum absolute atomic E-state index is 0.513. The van der Waals surface area contributed by atoms with Gasteiger partial charge in [0.05, 0.1) is 26.1 Å². The number of benzene rings is 1. The van der Waals surface area contributed by atoms with Crippen LogP contribution >= 0.6 is 0 Å². The number of hydrazine groups is 1. The van der Waals surface area contributed by atoms with E-state index in [0.29, 0.717) is 17.4 Å². The zero-order valence-electron chi connectivity index (χ0n) is 10.6. The molecule has 0 saturated carbocycles. The molecule has 6 nitrogen and oxygen atoms in total. The van der Waals surface area contributed by atoms with Crippen LogP contribution in [0.25, 0.3) is 11.3 Å². The maximum Gasteiger partial charge on any atom is 0.215 e. The van der Waals surface area contributed by atoms with E-state index >= 15 is 0 Å². The van der Waals surface area contributed by atoms with E-state index in [4.69, 9.17) is 15.3 Å². The lowest BCUT2D eigenvalue weighted by atomic mass is 10.1. The van der Waals surface area contributed by atoms with E-state index < -0.39 is 0 Å². The van der Waals surface area contributed by atoms with Gasteiger partial charge in [-0.15, -0.1) is 0 Å². The van der Waals surface area contributed by atoms with Crippen molar-refractivity contribution in [1.82, 2.24) is 9.97 Å². The number of nitrogen functional groups attached to an aromatic ring is 1. The number of aryl methyl sites for hydroxylation is 1. The zero-order chi connectivity index (χ0) is 13.1. The molecule has 0 amide bonds. The first-order chi connectivity index (χ1) is 8.69. The molecule has 0 saturated heterocycles. The van der Waals surface area contributed by atoms with Crippen LogP contribution in [0.3, 0.4) is 0 Å². The van der Waals surface area contributed by atoms with Crippen LogP contribution in [0.5, 0.6) is 11.5 Å². The lowest BCUT2D eigenvalue weighted by molar-refractivity contribution is 0.355. The van der Waals surface area contributed by atoms with Gasteiger partial charge in [-0.1, -0.05) is 0 Å². The molecule has 1 heterocycles. The molecular weight excluding hydrogens is 232 g/mol. The lowest BCUT2D eigenvalue weighted by Crippen LogP contribution is -2.07. The van der Waals surface area contributed by atoms with Crippen molar-refractivity contribution in [2.75, 3.05) is 19.6 Å². The second-order valence-electron chi connectivity index (χ2n) is 3.81. The van der Waals surface area contributed by atoms with Crippen molar-refractivity contribution in [3.8, 4) is 22.8 Å². The predicted octanol–water partition coefficient (Wildman–Crippen LogP) is 1.69. The predicted molar refractivity (Wildman–Crippen MR) is 69.7 cm³/mol. The highest BCUT2D eigenvalue weighted by atomic mass is 16.5. The first-order valence-corrected chi connectivity index (χ1v) is 5.44. The number of rotatable bonds is 4. The monoisotopic (exact) mass is 248 g/mol. The van der Waals surface area contributed by atoms with Gasteiger partial charge in [0.2, 0.25) is 5.95 Å². The topological polar surface area (TPSA) is 85.2 Å². The van der Waals surface area contributed by atoms with Gasteiger partial charge >= 0.3 is 0 Å². The van der Waals surface area contributed by atoms with Crippen molar-refractivity contribution in [3.05, 3.63) is 23.9 Å². The molecule has 0 aliphatic rings. The van der Waals surface area contributed by atoms with Gasteiger partial charge in [0.15, 0.2) is 11.5 Å². The Bertz CT molecular complexity index is 551. The van der Waals surface area contributed by atoms with E-state index in [2.05, 4.69) is 15.4 Å². The fourth-order valence-corrected chi connectivity index (χ4v) is 1.80. The van der Waals surface area contributed by atoms with Crippen LogP contribution in [-0.2, 0) is 0 Å². The van der Waals surface area contributed by atoms with Crippen LogP contribution in [-0.4, -0.2) is 24.2 Å². The van der Waals surface area contributed by atoms with Crippen LogP contribution in [0.4, 0.5) is 5.95 Å². The molecule has 2 aromatic rings. The Morgan fingerprint density at radius 3 is 2.44 bits per heavy atom.